The molecule has 0 aromatic heterocycles. The third-order valence-corrected chi connectivity index (χ3v) is 6.07. The first-order valence-corrected chi connectivity index (χ1v) is 11.3. The van der Waals surface area contributed by atoms with E-state index < -0.39 is 12.0 Å². The molecular weight excluding hydrogens is 392 g/mol. The first kappa shape index (κ1) is 27.1. The van der Waals surface area contributed by atoms with Crippen molar-refractivity contribution in [3.05, 3.63) is 47.6 Å². The van der Waals surface area contributed by atoms with Crippen molar-refractivity contribution in [1.29, 1.82) is 0 Å². The second-order valence-electron chi connectivity index (χ2n) is 8.78. The summed E-state index contributed by atoms with van der Waals surface area (Å²) in [5.74, 6) is -1.01. The maximum absolute atomic E-state index is 12.5. The molecule has 31 heavy (non-hydrogen) atoms. The lowest BCUT2D eigenvalue weighted by Gasteiger charge is -2.16. The van der Waals surface area contributed by atoms with Gasteiger partial charge in [-0.15, -0.1) is 0 Å². The van der Waals surface area contributed by atoms with Crippen LogP contribution in [-0.4, -0.2) is 40.8 Å². The van der Waals surface area contributed by atoms with Crippen molar-refractivity contribution in [2.45, 2.75) is 73.0 Å². The van der Waals surface area contributed by atoms with Gasteiger partial charge in [0.15, 0.2) is 0 Å². The molecule has 1 fully saturated rings. The number of rotatable bonds is 12. The Morgan fingerprint density at radius 2 is 1.90 bits per heavy atom. The van der Waals surface area contributed by atoms with E-state index in [-0.39, 0.29) is 42.2 Å². The number of hydrogen-bond acceptors (Lipinski definition) is 5. The molecule has 5 nitrogen and oxygen atoms in total. The van der Waals surface area contributed by atoms with Crippen LogP contribution in [0.5, 0.6) is 0 Å². The van der Waals surface area contributed by atoms with Gasteiger partial charge in [0.25, 0.3) is 0 Å². The zero-order valence-corrected chi connectivity index (χ0v) is 19.9. The number of ketones is 1. The summed E-state index contributed by atoms with van der Waals surface area (Å²) in [5.41, 5.74) is 1.81. The van der Waals surface area contributed by atoms with Gasteiger partial charge in [-0.3, -0.25) is 9.59 Å². The first-order valence-electron chi connectivity index (χ1n) is 11.3. The number of unbranched alkanes of at least 4 members (excludes halogenated alkanes) is 1. The van der Waals surface area contributed by atoms with E-state index in [2.05, 4.69) is 6.92 Å². The number of aliphatic hydroxyl groups excluding tert-OH is 2. The molecule has 1 saturated heterocycles. The van der Waals surface area contributed by atoms with Gasteiger partial charge in [0.1, 0.15) is 11.9 Å². The van der Waals surface area contributed by atoms with Gasteiger partial charge in [-0.25, -0.2) is 0 Å². The normalized spacial score (nSPS) is 25.8. The fourth-order valence-electron chi connectivity index (χ4n) is 3.61. The van der Waals surface area contributed by atoms with Crippen LogP contribution in [0.25, 0.3) is 0 Å². The van der Waals surface area contributed by atoms with Crippen LogP contribution in [0.15, 0.2) is 47.6 Å². The molecule has 1 aliphatic heterocycles. The molecule has 6 atom stereocenters. The van der Waals surface area contributed by atoms with Crippen LogP contribution in [0.4, 0.5) is 0 Å². The minimum Gasteiger partial charge on any atom is -0.457 e. The van der Waals surface area contributed by atoms with Crippen LogP contribution >= 0.6 is 0 Å². The number of hydrogen-bond donors (Lipinski definition) is 2. The van der Waals surface area contributed by atoms with E-state index in [0.717, 1.165) is 30.4 Å². The highest BCUT2D eigenvalue weighted by molar-refractivity contribution is 5.79. The molecule has 0 saturated carbocycles. The zero-order chi connectivity index (χ0) is 23.6. The highest BCUT2D eigenvalue weighted by atomic mass is 16.6. The molecular formula is C26H40O5. The monoisotopic (exact) mass is 432 g/mol. The van der Waals surface area contributed by atoms with Crippen LogP contribution < -0.4 is 0 Å². The number of carbonyl (C=O) groups is 2. The molecule has 0 unspecified atom stereocenters. The van der Waals surface area contributed by atoms with Gasteiger partial charge in [0, 0.05) is 24.4 Å². The minimum absolute atomic E-state index is 0.0182. The van der Waals surface area contributed by atoms with E-state index in [1.807, 2.05) is 45.1 Å². The fourth-order valence-corrected chi connectivity index (χ4v) is 3.61. The van der Waals surface area contributed by atoms with Crippen molar-refractivity contribution in [2.24, 2.45) is 23.7 Å². The number of allylic oxidation sites excluding steroid dienone is 4. The lowest BCUT2D eigenvalue weighted by molar-refractivity contribution is -0.142. The molecule has 174 valence electrons. The van der Waals surface area contributed by atoms with Crippen molar-refractivity contribution in [3.63, 3.8) is 0 Å². The van der Waals surface area contributed by atoms with Gasteiger partial charge in [-0.2, -0.15) is 0 Å². The average molecular weight is 433 g/mol. The summed E-state index contributed by atoms with van der Waals surface area (Å²) in [6.07, 6.45) is 13.1. The lowest BCUT2D eigenvalue weighted by Crippen LogP contribution is -2.21. The lowest BCUT2D eigenvalue weighted by atomic mass is 9.87. The van der Waals surface area contributed by atoms with E-state index in [1.165, 1.54) is 6.92 Å². The van der Waals surface area contributed by atoms with Crippen molar-refractivity contribution < 1.29 is 24.5 Å². The molecule has 0 aromatic rings. The van der Waals surface area contributed by atoms with Crippen molar-refractivity contribution in [2.75, 3.05) is 6.61 Å². The maximum atomic E-state index is 12.5. The fraction of sp³-hybridized carbons (Fsp3) is 0.615. The molecule has 2 N–H and O–H groups in total. The molecule has 0 aromatic carbocycles. The quantitative estimate of drug-likeness (QED) is 0.349. The number of carbonyl (C=O) groups excluding carboxylic acids is 2. The summed E-state index contributed by atoms with van der Waals surface area (Å²) in [4.78, 5) is 23.8. The molecule has 1 aliphatic rings. The number of ether oxygens (including phenoxy) is 1. The van der Waals surface area contributed by atoms with Gasteiger partial charge in [0.2, 0.25) is 0 Å². The Morgan fingerprint density at radius 3 is 2.48 bits per heavy atom. The Labute approximate surface area is 187 Å². The van der Waals surface area contributed by atoms with E-state index in [1.54, 1.807) is 19.1 Å². The standard InChI is InChI=1S/C26H40O5/c1-7-8-11-22(16-27)12-9-10-18(3)25-20(5)23(26(30)31-25)15-17(2)13-14-24(29)19(4)21(6)28/h9-10,12-15,19-20,22-25,27,29H,7-8,11,16H2,1-6H3/b12-9+,14-13+,17-15+,18-10+/t19-,20-,22+,23-,24-,25+/m0/s1. The minimum atomic E-state index is -0.849. The highest BCUT2D eigenvalue weighted by Gasteiger charge is 2.41. The summed E-state index contributed by atoms with van der Waals surface area (Å²) in [5, 5.41) is 19.5. The van der Waals surface area contributed by atoms with Gasteiger partial charge in [-0.05, 0) is 32.8 Å². The summed E-state index contributed by atoms with van der Waals surface area (Å²) < 4.78 is 5.64. The molecule has 0 radical (unpaired) electrons. The molecule has 0 bridgehead atoms. The van der Waals surface area contributed by atoms with Crippen molar-refractivity contribution in [3.8, 4) is 0 Å². The Morgan fingerprint density at radius 1 is 1.23 bits per heavy atom. The molecule has 1 heterocycles. The van der Waals surface area contributed by atoms with E-state index in [0.29, 0.717) is 0 Å². The Hall–Kier alpha value is -1.98. The molecule has 0 amide bonds. The topological polar surface area (TPSA) is 83.8 Å². The SMILES string of the molecule is CCCC[C@H](/C=C/C=C(\C)[C@H]1OC(=O)[C@@H](/C=C(C)/C=C/[C@H](O)[C@@H](C)C(C)=O)[C@@H]1C)CO. The van der Waals surface area contributed by atoms with Crippen LogP contribution in [0.3, 0.4) is 0 Å². The van der Waals surface area contributed by atoms with E-state index in [9.17, 15) is 19.8 Å². The maximum Gasteiger partial charge on any atom is 0.313 e. The Balaban J connectivity index is 2.81. The van der Waals surface area contributed by atoms with Crippen LogP contribution in [-0.2, 0) is 14.3 Å². The van der Waals surface area contributed by atoms with Crippen LogP contribution in [0.1, 0.15) is 60.8 Å². The summed E-state index contributed by atoms with van der Waals surface area (Å²) in [6.45, 7) is 11.2. The molecule has 0 aliphatic carbocycles. The average Bonchev–Trinajstić information content (AvgIpc) is 3.01. The van der Waals surface area contributed by atoms with Crippen molar-refractivity contribution in [1.82, 2.24) is 0 Å². The number of aliphatic hydroxyl groups is 2. The zero-order valence-electron chi connectivity index (χ0n) is 19.9. The van der Waals surface area contributed by atoms with Crippen molar-refractivity contribution >= 4 is 11.8 Å². The van der Waals surface area contributed by atoms with E-state index in [4.69, 9.17) is 4.74 Å². The Bertz CT molecular complexity index is 715. The number of Topliss-reactive ketones (excluding diaryl/α,β-unsaturated/α-hetero) is 1. The number of esters is 1. The number of cyclic esters (lactones) is 1. The van der Waals surface area contributed by atoms with Crippen LogP contribution in [0.2, 0.25) is 0 Å². The Kier molecular flexibility index (Phi) is 11.7. The first-order chi connectivity index (χ1) is 14.6. The van der Waals surface area contributed by atoms with Gasteiger partial charge >= 0.3 is 5.97 Å². The third kappa shape index (κ3) is 8.58. The summed E-state index contributed by atoms with van der Waals surface area (Å²) in [6, 6.07) is 0. The molecule has 1 rings (SSSR count). The predicted molar refractivity (Wildman–Crippen MR) is 124 cm³/mol. The highest BCUT2D eigenvalue weighted by Crippen LogP contribution is 2.34. The van der Waals surface area contributed by atoms with Gasteiger partial charge in [0.05, 0.1) is 12.0 Å². The third-order valence-electron chi connectivity index (χ3n) is 6.07. The predicted octanol–water partition coefficient (Wildman–Crippen LogP) is 4.55. The largest absolute Gasteiger partial charge is 0.457 e. The second kappa shape index (κ2) is 13.4. The summed E-state index contributed by atoms with van der Waals surface area (Å²) in [7, 11) is 0. The second-order valence-corrected chi connectivity index (χ2v) is 8.78. The smallest absolute Gasteiger partial charge is 0.313 e. The van der Waals surface area contributed by atoms with Gasteiger partial charge in [-0.1, -0.05) is 75.6 Å². The summed E-state index contributed by atoms with van der Waals surface area (Å²) >= 11 is 0. The van der Waals surface area contributed by atoms with Crippen LogP contribution in [0, 0.1) is 23.7 Å². The van der Waals surface area contributed by atoms with Gasteiger partial charge < -0.3 is 14.9 Å². The molecule has 5 heteroatoms. The molecule has 0 spiro atoms. The van der Waals surface area contributed by atoms with E-state index >= 15 is 0 Å².